The van der Waals surface area contributed by atoms with Gasteiger partial charge in [0.05, 0.1) is 11.6 Å². The monoisotopic (exact) mass is 500 g/mol. The van der Waals surface area contributed by atoms with Gasteiger partial charge in [-0.25, -0.2) is 0 Å². The van der Waals surface area contributed by atoms with Crippen LogP contribution in [0, 0.1) is 0 Å². The quantitative estimate of drug-likeness (QED) is 0.238. The van der Waals surface area contributed by atoms with Crippen LogP contribution in [-0.4, -0.2) is 57.9 Å². The average molecular weight is 501 g/mol. The van der Waals surface area contributed by atoms with Gasteiger partial charge in [-0.3, -0.25) is 9.59 Å². The number of aromatic hydroxyl groups is 1. The normalized spacial score (nSPS) is 16.9. The number of carbonyl (C=O) groups excluding carboxylic acids is 2. The number of ether oxygens (including phenoxy) is 1. The fourth-order valence-electron chi connectivity index (χ4n) is 4.51. The lowest BCUT2D eigenvalue weighted by Gasteiger charge is -2.28. The van der Waals surface area contributed by atoms with Crippen LogP contribution in [0.2, 0.25) is 0 Å². The average Bonchev–Trinajstić information content (AvgIpc) is 3.18. The van der Waals surface area contributed by atoms with Crippen LogP contribution in [-0.2, 0) is 16.2 Å². The molecular weight excluding hydrogens is 468 g/mol. The van der Waals surface area contributed by atoms with Crippen LogP contribution in [0.3, 0.4) is 0 Å². The molecule has 192 valence electrons. The molecule has 1 aliphatic heterocycles. The molecule has 0 aromatic heterocycles. The highest BCUT2D eigenvalue weighted by atomic mass is 16.5. The summed E-state index contributed by atoms with van der Waals surface area (Å²) in [6, 6.07) is 22.2. The third kappa shape index (κ3) is 5.84. The van der Waals surface area contributed by atoms with E-state index < -0.39 is 17.7 Å². The molecule has 4 rings (SSSR count). The number of rotatable bonds is 10. The molecule has 3 aromatic carbocycles. The van der Waals surface area contributed by atoms with Gasteiger partial charge in [-0.1, -0.05) is 56.3 Å². The summed E-state index contributed by atoms with van der Waals surface area (Å²) in [6.07, 6.45) is 0. The summed E-state index contributed by atoms with van der Waals surface area (Å²) in [5.41, 5.74) is 2.12. The van der Waals surface area contributed by atoms with E-state index in [-0.39, 0.29) is 17.1 Å². The number of likely N-dealkylation sites (tertiary alicyclic amines) is 1. The van der Waals surface area contributed by atoms with Crippen LogP contribution in [0.15, 0.2) is 84.4 Å². The zero-order chi connectivity index (χ0) is 26.4. The summed E-state index contributed by atoms with van der Waals surface area (Å²) in [7, 11) is 0. The number of aliphatic hydroxyl groups is 1. The van der Waals surface area contributed by atoms with Crippen molar-refractivity contribution in [2.24, 2.45) is 0 Å². The van der Waals surface area contributed by atoms with Crippen LogP contribution < -0.4 is 4.74 Å². The van der Waals surface area contributed by atoms with Gasteiger partial charge in [0.25, 0.3) is 11.7 Å². The first-order valence-corrected chi connectivity index (χ1v) is 12.5. The van der Waals surface area contributed by atoms with Gasteiger partial charge in [0.2, 0.25) is 0 Å². The molecule has 1 heterocycles. The minimum absolute atomic E-state index is 0.0354. The van der Waals surface area contributed by atoms with Gasteiger partial charge in [0, 0.05) is 18.7 Å². The number of likely N-dealkylation sites (N-methyl/N-ethyl adjacent to an activating group) is 1. The van der Waals surface area contributed by atoms with E-state index in [2.05, 4.69) is 4.90 Å². The smallest absolute Gasteiger partial charge is 0.295 e. The SMILES string of the molecule is CCN(CC)CCN1C(=O)C(=O)C(=C(O)c2ccc(OCc3ccccc3)cc2)[C@@H]1c1ccc(O)cc1. The molecule has 2 N–H and O–H groups in total. The Labute approximate surface area is 217 Å². The number of aliphatic hydroxyl groups excluding tert-OH is 1. The second-order valence-electron chi connectivity index (χ2n) is 8.91. The molecule has 1 aliphatic rings. The molecule has 3 aromatic rings. The zero-order valence-electron chi connectivity index (χ0n) is 21.1. The fraction of sp³-hybridized carbons (Fsp3) is 0.267. The third-order valence-corrected chi connectivity index (χ3v) is 6.68. The lowest BCUT2D eigenvalue weighted by atomic mass is 9.95. The van der Waals surface area contributed by atoms with E-state index in [1.165, 1.54) is 17.0 Å². The molecule has 7 nitrogen and oxygen atoms in total. The van der Waals surface area contributed by atoms with E-state index in [4.69, 9.17) is 4.74 Å². The van der Waals surface area contributed by atoms with Gasteiger partial charge in [-0.15, -0.1) is 0 Å². The minimum Gasteiger partial charge on any atom is -0.508 e. The van der Waals surface area contributed by atoms with Gasteiger partial charge < -0.3 is 24.7 Å². The molecule has 0 radical (unpaired) electrons. The Kier molecular flexibility index (Phi) is 8.25. The summed E-state index contributed by atoms with van der Waals surface area (Å²) in [5.74, 6) is -0.907. The third-order valence-electron chi connectivity index (χ3n) is 6.68. The molecule has 0 saturated carbocycles. The predicted octanol–water partition coefficient (Wildman–Crippen LogP) is 4.73. The van der Waals surface area contributed by atoms with Crippen molar-refractivity contribution in [2.45, 2.75) is 26.5 Å². The standard InChI is InChI=1S/C30H32N2O5/c1-3-31(4-2)18-19-32-27(22-10-14-24(33)15-11-22)26(29(35)30(32)36)28(34)23-12-16-25(17-13-23)37-20-21-8-6-5-7-9-21/h5-17,27,33-34H,3-4,18-20H2,1-2H3/t27-/m0/s1. The van der Waals surface area contributed by atoms with Crippen LogP contribution in [0.25, 0.3) is 5.76 Å². The molecule has 1 saturated heterocycles. The summed E-state index contributed by atoms with van der Waals surface area (Å²) >= 11 is 0. The van der Waals surface area contributed by atoms with E-state index in [1.54, 1.807) is 36.4 Å². The number of phenols is 1. The van der Waals surface area contributed by atoms with Crippen molar-refractivity contribution in [1.82, 2.24) is 9.80 Å². The second kappa shape index (κ2) is 11.8. The Hall–Kier alpha value is -4.10. The number of benzene rings is 3. The predicted molar refractivity (Wildman–Crippen MR) is 142 cm³/mol. The fourth-order valence-corrected chi connectivity index (χ4v) is 4.51. The summed E-state index contributed by atoms with van der Waals surface area (Å²) in [6.45, 7) is 7.07. The lowest BCUT2D eigenvalue weighted by Crippen LogP contribution is -2.38. The molecule has 0 unspecified atom stereocenters. The first-order valence-electron chi connectivity index (χ1n) is 12.5. The van der Waals surface area contributed by atoms with E-state index in [9.17, 15) is 19.8 Å². The number of phenolic OH excluding ortho intramolecular Hbond substituents is 1. The number of nitrogens with zero attached hydrogens (tertiary/aromatic N) is 2. The van der Waals surface area contributed by atoms with Crippen LogP contribution in [0.1, 0.15) is 36.6 Å². The Morgan fingerprint density at radius 3 is 2.19 bits per heavy atom. The minimum atomic E-state index is -0.759. The molecule has 1 fully saturated rings. The molecule has 37 heavy (non-hydrogen) atoms. The van der Waals surface area contributed by atoms with E-state index >= 15 is 0 Å². The zero-order valence-corrected chi connectivity index (χ0v) is 21.1. The number of hydrogen-bond acceptors (Lipinski definition) is 6. The van der Waals surface area contributed by atoms with Crippen LogP contribution in [0.4, 0.5) is 0 Å². The number of ketones is 1. The maximum atomic E-state index is 13.2. The number of amides is 1. The van der Waals surface area contributed by atoms with Crippen molar-refractivity contribution in [3.8, 4) is 11.5 Å². The van der Waals surface area contributed by atoms with Crippen molar-refractivity contribution in [2.75, 3.05) is 26.2 Å². The molecule has 0 aliphatic carbocycles. The molecule has 0 bridgehead atoms. The maximum Gasteiger partial charge on any atom is 0.295 e. The summed E-state index contributed by atoms with van der Waals surface area (Å²) in [5, 5.41) is 21.0. The number of hydrogen-bond donors (Lipinski definition) is 2. The van der Waals surface area contributed by atoms with E-state index in [0.29, 0.717) is 36.6 Å². The highest BCUT2D eigenvalue weighted by Gasteiger charge is 2.45. The Bertz CT molecular complexity index is 1250. The van der Waals surface area contributed by atoms with Crippen LogP contribution in [0.5, 0.6) is 11.5 Å². The van der Waals surface area contributed by atoms with Crippen molar-refractivity contribution < 1.29 is 24.5 Å². The molecule has 1 atom stereocenters. The topological polar surface area (TPSA) is 90.3 Å². The molecule has 7 heteroatoms. The van der Waals surface area contributed by atoms with Gasteiger partial charge in [0.15, 0.2) is 0 Å². The molecule has 0 spiro atoms. The van der Waals surface area contributed by atoms with E-state index in [1.807, 2.05) is 44.2 Å². The Balaban J connectivity index is 1.64. The highest BCUT2D eigenvalue weighted by molar-refractivity contribution is 6.46. The van der Waals surface area contributed by atoms with Crippen molar-refractivity contribution in [3.05, 3.63) is 101 Å². The summed E-state index contributed by atoms with van der Waals surface area (Å²) < 4.78 is 5.83. The van der Waals surface area contributed by atoms with E-state index in [0.717, 1.165) is 18.7 Å². The first kappa shape index (κ1) is 26.0. The Morgan fingerprint density at radius 1 is 0.919 bits per heavy atom. The Morgan fingerprint density at radius 2 is 1.57 bits per heavy atom. The van der Waals surface area contributed by atoms with Crippen LogP contribution >= 0.6 is 0 Å². The highest BCUT2D eigenvalue weighted by Crippen LogP contribution is 2.39. The lowest BCUT2D eigenvalue weighted by molar-refractivity contribution is -0.140. The first-order chi connectivity index (χ1) is 17.9. The number of carbonyl (C=O) groups is 2. The van der Waals surface area contributed by atoms with Crippen molar-refractivity contribution in [1.29, 1.82) is 0 Å². The maximum absolute atomic E-state index is 13.2. The van der Waals surface area contributed by atoms with Gasteiger partial charge in [-0.05, 0) is 60.6 Å². The second-order valence-corrected chi connectivity index (χ2v) is 8.91. The molecular formula is C30H32N2O5. The molecule has 1 amide bonds. The van der Waals surface area contributed by atoms with Crippen molar-refractivity contribution in [3.63, 3.8) is 0 Å². The van der Waals surface area contributed by atoms with Crippen molar-refractivity contribution >= 4 is 17.4 Å². The number of Topliss-reactive ketones (excluding diaryl/α,β-unsaturated/α-hetero) is 1. The van der Waals surface area contributed by atoms with Gasteiger partial charge in [-0.2, -0.15) is 0 Å². The van der Waals surface area contributed by atoms with Gasteiger partial charge >= 0.3 is 0 Å². The summed E-state index contributed by atoms with van der Waals surface area (Å²) in [4.78, 5) is 30.0. The largest absolute Gasteiger partial charge is 0.508 e. The van der Waals surface area contributed by atoms with Gasteiger partial charge in [0.1, 0.15) is 23.9 Å².